The van der Waals surface area contributed by atoms with Crippen molar-refractivity contribution in [1.29, 1.82) is 0 Å². The summed E-state index contributed by atoms with van der Waals surface area (Å²) in [5, 5.41) is 0. The highest BCUT2D eigenvalue weighted by atomic mass is 16.5. The largest absolute Gasteiger partial charge is 0.379 e. The van der Waals surface area contributed by atoms with Gasteiger partial charge in [-0.25, -0.2) is 0 Å². The van der Waals surface area contributed by atoms with Crippen LogP contribution in [-0.2, 0) is 17.8 Å². The summed E-state index contributed by atoms with van der Waals surface area (Å²) < 4.78 is 7.85. The first-order valence-corrected chi connectivity index (χ1v) is 8.48. The number of aromatic nitrogens is 1. The molecule has 0 saturated carbocycles. The Morgan fingerprint density at radius 3 is 2.57 bits per heavy atom. The van der Waals surface area contributed by atoms with Crippen molar-refractivity contribution in [3.63, 3.8) is 0 Å². The maximum Gasteiger partial charge on any atom is 0.0594 e. The number of hydrogen-bond acceptors (Lipinski definition) is 3. The third-order valence-corrected chi connectivity index (χ3v) is 4.95. The Bertz CT molecular complexity index is 417. The fourth-order valence-electron chi connectivity index (χ4n) is 3.33. The van der Waals surface area contributed by atoms with E-state index in [9.17, 15) is 0 Å². The molecule has 1 aromatic rings. The topological polar surface area (TPSA) is 20.6 Å². The summed E-state index contributed by atoms with van der Waals surface area (Å²) in [5.74, 6) is 0.911. The van der Waals surface area contributed by atoms with Crippen molar-refractivity contribution < 1.29 is 4.74 Å². The second-order valence-electron chi connectivity index (χ2n) is 6.61. The molecule has 4 heteroatoms. The molecule has 3 heterocycles. The molecule has 0 aromatic carbocycles. The molecule has 0 radical (unpaired) electrons. The summed E-state index contributed by atoms with van der Waals surface area (Å²) in [7, 11) is 0. The zero-order valence-electron chi connectivity index (χ0n) is 13.3. The molecule has 4 nitrogen and oxygen atoms in total. The molecule has 0 N–H and O–H groups in total. The van der Waals surface area contributed by atoms with Gasteiger partial charge in [0.1, 0.15) is 0 Å². The van der Waals surface area contributed by atoms with Crippen LogP contribution in [0.4, 0.5) is 0 Å². The molecule has 1 aromatic heterocycles. The van der Waals surface area contributed by atoms with Crippen LogP contribution in [0.5, 0.6) is 0 Å². The standard InChI is InChI=1S/C17H29N3O/c1-16-4-7-19(8-5-16)15-17-3-2-6-20(17)10-9-18-11-13-21-14-12-18/h2-3,6,16H,4-5,7-15H2,1H3. The zero-order chi connectivity index (χ0) is 14.5. The minimum atomic E-state index is 0.893. The van der Waals surface area contributed by atoms with Gasteiger partial charge in [-0.3, -0.25) is 9.80 Å². The molecular weight excluding hydrogens is 262 g/mol. The fourth-order valence-corrected chi connectivity index (χ4v) is 3.33. The maximum atomic E-state index is 5.41. The van der Waals surface area contributed by atoms with Crippen molar-refractivity contribution in [3.05, 3.63) is 24.0 Å². The summed E-state index contributed by atoms with van der Waals surface area (Å²) >= 11 is 0. The number of likely N-dealkylation sites (tertiary alicyclic amines) is 1. The number of piperidine rings is 1. The molecule has 118 valence electrons. The van der Waals surface area contributed by atoms with Crippen LogP contribution in [0.25, 0.3) is 0 Å². The van der Waals surface area contributed by atoms with E-state index in [0.717, 1.165) is 51.9 Å². The average Bonchev–Trinajstić information content (AvgIpc) is 2.96. The minimum absolute atomic E-state index is 0.893. The van der Waals surface area contributed by atoms with Crippen molar-refractivity contribution in [2.75, 3.05) is 45.9 Å². The first-order chi connectivity index (χ1) is 10.3. The maximum absolute atomic E-state index is 5.41. The van der Waals surface area contributed by atoms with E-state index in [1.54, 1.807) is 0 Å². The Morgan fingerprint density at radius 1 is 1.05 bits per heavy atom. The van der Waals surface area contributed by atoms with Gasteiger partial charge in [0.15, 0.2) is 0 Å². The normalized spacial score (nSPS) is 22.7. The van der Waals surface area contributed by atoms with Gasteiger partial charge in [-0.05, 0) is 44.0 Å². The molecule has 2 aliphatic heterocycles. The van der Waals surface area contributed by atoms with E-state index in [1.807, 2.05) is 0 Å². The van der Waals surface area contributed by atoms with Gasteiger partial charge in [0, 0.05) is 44.6 Å². The Labute approximate surface area is 128 Å². The highest BCUT2D eigenvalue weighted by molar-refractivity contribution is 5.07. The second kappa shape index (κ2) is 7.43. The number of nitrogens with zero attached hydrogens (tertiary/aromatic N) is 3. The smallest absolute Gasteiger partial charge is 0.0594 e. The third kappa shape index (κ3) is 4.31. The van der Waals surface area contributed by atoms with Gasteiger partial charge in [-0.1, -0.05) is 6.92 Å². The summed E-state index contributed by atoms with van der Waals surface area (Å²) in [6.45, 7) is 12.2. The average molecular weight is 291 g/mol. The summed E-state index contributed by atoms with van der Waals surface area (Å²) in [5.41, 5.74) is 1.47. The van der Waals surface area contributed by atoms with Crippen LogP contribution in [0, 0.1) is 5.92 Å². The van der Waals surface area contributed by atoms with E-state index in [4.69, 9.17) is 4.74 Å². The molecule has 3 rings (SSSR count). The second-order valence-corrected chi connectivity index (χ2v) is 6.61. The Kier molecular flexibility index (Phi) is 5.33. The van der Waals surface area contributed by atoms with Crippen molar-refractivity contribution in [2.45, 2.75) is 32.9 Å². The summed E-state index contributed by atoms with van der Waals surface area (Å²) in [4.78, 5) is 5.12. The van der Waals surface area contributed by atoms with Crippen molar-refractivity contribution >= 4 is 0 Å². The van der Waals surface area contributed by atoms with E-state index < -0.39 is 0 Å². The minimum Gasteiger partial charge on any atom is -0.379 e. The fraction of sp³-hybridized carbons (Fsp3) is 0.765. The van der Waals surface area contributed by atoms with Crippen LogP contribution >= 0.6 is 0 Å². The van der Waals surface area contributed by atoms with Crippen LogP contribution in [0.1, 0.15) is 25.5 Å². The molecule has 0 bridgehead atoms. The van der Waals surface area contributed by atoms with E-state index in [2.05, 4.69) is 39.6 Å². The molecule has 2 saturated heterocycles. The number of morpholine rings is 1. The van der Waals surface area contributed by atoms with Crippen LogP contribution in [0.3, 0.4) is 0 Å². The van der Waals surface area contributed by atoms with E-state index >= 15 is 0 Å². The number of ether oxygens (including phenoxy) is 1. The van der Waals surface area contributed by atoms with E-state index in [1.165, 1.54) is 31.6 Å². The SMILES string of the molecule is CC1CCN(Cc2cccn2CCN2CCOCC2)CC1. The first kappa shape index (κ1) is 15.1. The molecule has 0 spiro atoms. The molecule has 0 unspecified atom stereocenters. The Hall–Kier alpha value is -0.840. The lowest BCUT2D eigenvalue weighted by atomic mass is 9.99. The molecule has 2 fully saturated rings. The Morgan fingerprint density at radius 2 is 1.81 bits per heavy atom. The van der Waals surface area contributed by atoms with Gasteiger partial charge in [0.25, 0.3) is 0 Å². The van der Waals surface area contributed by atoms with Crippen molar-refractivity contribution in [3.8, 4) is 0 Å². The summed E-state index contributed by atoms with van der Waals surface area (Å²) in [6.07, 6.45) is 4.95. The van der Waals surface area contributed by atoms with Crippen LogP contribution in [0.2, 0.25) is 0 Å². The van der Waals surface area contributed by atoms with Gasteiger partial charge in [0.2, 0.25) is 0 Å². The molecule has 0 aliphatic carbocycles. The number of rotatable bonds is 5. The van der Waals surface area contributed by atoms with Gasteiger partial charge in [-0.2, -0.15) is 0 Å². The molecular formula is C17H29N3O. The van der Waals surface area contributed by atoms with E-state index in [-0.39, 0.29) is 0 Å². The lowest BCUT2D eigenvalue weighted by Gasteiger charge is -2.31. The van der Waals surface area contributed by atoms with Gasteiger partial charge in [0.05, 0.1) is 13.2 Å². The quantitative estimate of drug-likeness (QED) is 0.828. The van der Waals surface area contributed by atoms with E-state index in [0.29, 0.717) is 0 Å². The van der Waals surface area contributed by atoms with Gasteiger partial charge in [-0.15, -0.1) is 0 Å². The van der Waals surface area contributed by atoms with Gasteiger partial charge >= 0.3 is 0 Å². The lowest BCUT2D eigenvalue weighted by molar-refractivity contribution is 0.0362. The lowest BCUT2D eigenvalue weighted by Crippen LogP contribution is -2.38. The van der Waals surface area contributed by atoms with Crippen LogP contribution in [-0.4, -0.2) is 60.3 Å². The number of hydrogen-bond donors (Lipinski definition) is 0. The monoisotopic (exact) mass is 291 g/mol. The van der Waals surface area contributed by atoms with Crippen molar-refractivity contribution in [1.82, 2.24) is 14.4 Å². The first-order valence-electron chi connectivity index (χ1n) is 8.48. The Balaban J connectivity index is 1.49. The molecule has 0 atom stereocenters. The predicted octanol–water partition coefficient (Wildman–Crippen LogP) is 2.05. The predicted molar refractivity (Wildman–Crippen MR) is 85.4 cm³/mol. The van der Waals surface area contributed by atoms with Crippen LogP contribution in [0.15, 0.2) is 18.3 Å². The van der Waals surface area contributed by atoms with Crippen LogP contribution < -0.4 is 0 Å². The van der Waals surface area contributed by atoms with Gasteiger partial charge < -0.3 is 9.30 Å². The highest BCUT2D eigenvalue weighted by Gasteiger charge is 2.17. The molecule has 21 heavy (non-hydrogen) atoms. The zero-order valence-corrected chi connectivity index (χ0v) is 13.3. The highest BCUT2D eigenvalue weighted by Crippen LogP contribution is 2.18. The summed E-state index contributed by atoms with van der Waals surface area (Å²) in [6, 6.07) is 4.48. The third-order valence-electron chi connectivity index (χ3n) is 4.95. The molecule has 0 amide bonds. The van der Waals surface area contributed by atoms with Crippen molar-refractivity contribution in [2.24, 2.45) is 5.92 Å². The molecule has 2 aliphatic rings.